The predicted molar refractivity (Wildman–Crippen MR) is 47.4 cm³/mol. The second kappa shape index (κ2) is 2.48. The van der Waals surface area contributed by atoms with E-state index in [0.29, 0.717) is 12.0 Å². The van der Waals surface area contributed by atoms with Crippen LogP contribution in [-0.4, -0.2) is 11.7 Å². The van der Waals surface area contributed by atoms with Gasteiger partial charge in [-0.3, -0.25) is 0 Å². The Balaban J connectivity index is 2.86. The molecule has 1 aliphatic carbocycles. The quantitative estimate of drug-likeness (QED) is 0.618. The van der Waals surface area contributed by atoms with E-state index in [1.807, 2.05) is 0 Å². The third kappa shape index (κ3) is 1.10. The van der Waals surface area contributed by atoms with Crippen molar-refractivity contribution >= 4 is 0 Å². The molecule has 0 spiro atoms. The summed E-state index contributed by atoms with van der Waals surface area (Å²) in [5, 5.41) is 9.28. The van der Waals surface area contributed by atoms with Gasteiger partial charge in [-0.1, -0.05) is 27.7 Å². The number of hydrogen-bond donors (Lipinski definition) is 1. The number of hydrogen-bond acceptors (Lipinski definition) is 1. The zero-order valence-corrected chi connectivity index (χ0v) is 8.15. The van der Waals surface area contributed by atoms with Crippen molar-refractivity contribution in [3.8, 4) is 0 Å². The number of rotatable bonds is 1. The molecule has 0 saturated heterocycles. The topological polar surface area (TPSA) is 20.2 Å². The summed E-state index contributed by atoms with van der Waals surface area (Å²) in [5.41, 5.74) is 0.466. The first-order valence-electron chi connectivity index (χ1n) is 4.55. The van der Waals surface area contributed by atoms with Gasteiger partial charge in [-0.2, -0.15) is 0 Å². The summed E-state index contributed by atoms with van der Waals surface area (Å²) >= 11 is 0. The van der Waals surface area contributed by atoms with Gasteiger partial charge in [0.1, 0.15) is 0 Å². The maximum atomic E-state index is 9.28. The predicted octanol–water partition coefficient (Wildman–Crippen LogP) is 2.44. The molecule has 1 rings (SSSR count). The fraction of sp³-hybridized carbons (Fsp3) is 1.00. The average Bonchev–Trinajstić information content (AvgIpc) is 2.15. The Bertz CT molecular complexity index is 148. The molecule has 66 valence electrons. The number of aliphatic hydroxyl groups excluding tert-OH is 1. The molecule has 2 atom stereocenters. The highest BCUT2D eigenvalue weighted by Crippen LogP contribution is 2.55. The van der Waals surface area contributed by atoms with Crippen LogP contribution in [0.25, 0.3) is 0 Å². The molecule has 1 fully saturated rings. The van der Waals surface area contributed by atoms with Gasteiger partial charge in [0.05, 0.1) is 0 Å². The molecule has 0 aromatic rings. The van der Waals surface area contributed by atoms with E-state index in [0.717, 1.165) is 5.92 Å². The van der Waals surface area contributed by atoms with Crippen LogP contribution in [-0.2, 0) is 0 Å². The van der Waals surface area contributed by atoms with Crippen molar-refractivity contribution in [1.29, 1.82) is 0 Å². The summed E-state index contributed by atoms with van der Waals surface area (Å²) in [4.78, 5) is 0. The summed E-state index contributed by atoms with van der Waals surface area (Å²) in [7, 11) is 0. The Morgan fingerprint density at radius 3 is 2.09 bits per heavy atom. The van der Waals surface area contributed by atoms with Crippen molar-refractivity contribution in [1.82, 2.24) is 0 Å². The fourth-order valence-corrected chi connectivity index (χ4v) is 2.10. The molecule has 0 aromatic heterocycles. The van der Waals surface area contributed by atoms with Crippen LogP contribution in [0.4, 0.5) is 0 Å². The summed E-state index contributed by atoms with van der Waals surface area (Å²) in [6.45, 7) is 9.39. The minimum absolute atomic E-state index is 0.159. The highest BCUT2D eigenvalue weighted by atomic mass is 16.3. The monoisotopic (exact) mass is 156 g/mol. The smallest absolute Gasteiger partial charge is 0.0489 e. The summed E-state index contributed by atoms with van der Waals surface area (Å²) in [5.74, 6) is 0.750. The molecule has 0 heterocycles. The molecule has 1 aliphatic rings. The molecule has 11 heavy (non-hydrogen) atoms. The third-order valence-electron chi connectivity index (χ3n) is 4.27. The molecule has 0 aliphatic heterocycles. The van der Waals surface area contributed by atoms with Crippen LogP contribution in [0.15, 0.2) is 0 Å². The first kappa shape index (κ1) is 9.05. The van der Waals surface area contributed by atoms with Crippen molar-refractivity contribution in [2.75, 3.05) is 6.61 Å². The molecule has 1 unspecified atom stereocenters. The van der Waals surface area contributed by atoms with Gasteiger partial charge in [-0.15, -0.1) is 0 Å². The third-order valence-corrected chi connectivity index (χ3v) is 4.27. The van der Waals surface area contributed by atoms with Crippen LogP contribution in [0, 0.1) is 16.7 Å². The summed E-state index contributed by atoms with van der Waals surface area (Å²) in [6, 6.07) is 0. The largest absolute Gasteiger partial charge is 0.396 e. The highest BCUT2D eigenvalue weighted by molar-refractivity contribution is 4.98. The highest BCUT2D eigenvalue weighted by Gasteiger charge is 2.48. The van der Waals surface area contributed by atoms with Gasteiger partial charge < -0.3 is 5.11 Å². The SMILES string of the molecule is CC1CC[C@@](C)(CO)C1(C)C. The van der Waals surface area contributed by atoms with E-state index in [4.69, 9.17) is 0 Å². The lowest BCUT2D eigenvalue weighted by Gasteiger charge is -2.39. The molecule has 1 heteroatoms. The van der Waals surface area contributed by atoms with Gasteiger partial charge >= 0.3 is 0 Å². The van der Waals surface area contributed by atoms with Gasteiger partial charge in [-0.05, 0) is 29.6 Å². The second-order valence-electron chi connectivity index (χ2n) is 4.88. The Hall–Kier alpha value is -0.0400. The lowest BCUT2D eigenvalue weighted by Crippen LogP contribution is -2.36. The van der Waals surface area contributed by atoms with Crippen molar-refractivity contribution in [2.45, 2.75) is 40.5 Å². The molecule has 0 aromatic carbocycles. The zero-order valence-electron chi connectivity index (χ0n) is 8.15. The molecule has 1 saturated carbocycles. The van der Waals surface area contributed by atoms with Crippen molar-refractivity contribution in [3.05, 3.63) is 0 Å². The summed E-state index contributed by atoms with van der Waals surface area (Å²) in [6.07, 6.45) is 2.45. The standard InChI is InChI=1S/C10H20O/c1-8-5-6-10(4,7-11)9(8,2)3/h8,11H,5-7H2,1-4H3/t8?,10-/m0/s1. The lowest BCUT2D eigenvalue weighted by atomic mass is 9.67. The van der Waals surface area contributed by atoms with E-state index in [2.05, 4.69) is 27.7 Å². The van der Waals surface area contributed by atoms with E-state index >= 15 is 0 Å². The summed E-state index contributed by atoms with van der Waals surface area (Å²) < 4.78 is 0. The zero-order chi connectivity index (χ0) is 8.70. The van der Waals surface area contributed by atoms with Gasteiger partial charge in [-0.25, -0.2) is 0 Å². The Morgan fingerprint density at radius 1 is 1.36 bits per heavy atom. The van der Waals surface area contributed by atoms with Gasteiger partial charge in [0, 0.05) is 6.61 Å². The van der Waals surface area contributed by atoms with Crippen LogP contribution in [0.3, 0.4) is 0 Å². The van der Waals surface area contributed by atoms with E-state index in [1.165, 1.54) is 12.8 Å². The molecular weight excluding hydrogens is 136 g/mol. The maximum Gasteiger partial charge on any atom is 0.0489 e. The molecule has 0 radical (unpaired) electrons. The van der Waals surface area contributed by atoms with E-state index in [9.17, 15) is 5.11 Å². The lowest BCUT2D eigenvalue weighted by molar-refractivity contribution is 0.0298. The first-order valence-corrected chi connectivity index (χ1v) is 4.55. The van der Waals surface area contributed by atoms with Gasteiger partial charge in [0.25, 0.3) is 0 Å². The van der Waals surface area contributed by atoms with Crippen LogP contribution in [0.2, 0.25) is 0 Å². The van der Waals surface area contributed by atoms with Crippen molar-refractivity contribution < 1.29 is 5.11 Å². The fourth-order valence-electron chi connectivity index (χ4n) is 2.10. The molecule has 1 nitrogen and oxygen atoms in total. The van der Waals surface area contributed by atoms with Crippen molar-refractivity contribution in [2.24, 2.45) is 16.7 Å². The van der Waals surface area contributed by atoms with E-state index in [1.54, 1.807) is 0 Å². The molecular formula is C10H20O. The van der Waals surface area contributed by atoms with Crippen LogP contribution < -0.4 is 0 Å². The van der Waals surface area contributed by atoms with Crippen molar-refractivity contribution in [3.63, 3.8) is 0 Å². The van der Waals surface area contributed by atoms with Crippen LogP contribution in [0.5, 0.6) is 0 Å². The Labute approximate surface area is 69.8 Å². The normalized spacial score (nSPS) is 42.8. The second-order valence-corrected chi connectivity index (χ2v) is 4.88. The van der Waals surface area contributed by atoms with Crippen LogP contribution in [0.1, 0.15) is 40.5 Å². The van der Waals surface area contributed by atoms with Crippen LogP contribution >= 0.6 is 0 Å². The maximum absolute atomic E-state index is 9.28. The first-order chi connectivity index (χ1) is 4.94. The Kier molecular flexibility index (Phi) is 2.04. The van der Waals surface area contributed by atoms with E-state index in [-0.39, 0.29) is 5.41 Å². The minimum atomic E-state index is 0.159. The molecule has 1 N–H and O–H groups in total. The van der Waals surface area contributed by atoms with E-state index < -0.39 is 0 Å². The van der Waals surface area contributed by atoms with Gasteiger partial charge in [0.15, 0.2) is 0 Å². The molecule has 0 bridgehead atoms. The average molecular weight is 156 g/mol. The Morgan fingerprint density at radius 2 is 1.91 bits per heavy atom. The molecule has 0 amide bonds. The minimum Gasteiger partial charge on any atom is -0.396 e. The van der Waals surface area contributed by atoms with Gasteiger partial charge in [0.2, 0.25) is 0 Å². The number of aliphatic hydroxyl groups is 1.